The number of nitrogens with zero attached hydrogens (tertiary/aromatic N) is 2. The highest BCUT2D eigenvalue weighted by Crippen LogP contribution is 2.33. The number of methoxy groups -OCH3 is 1. The highest BCUT2D eigenvalue weighted by atomic mass is 16.7. The minimum absolute atomic E-state index is 0.0122. The molecule has 38 heavy (non-hydrogen) atoms. The first-order valence-corrected chi connectivity index (χ1v) is 13.3. The van der Waals surface area contributed by atoms with E-state index in [0.29, 0.717) is 61.5 Å². The number of hydrogen-bond donors (Lipinski definition) is 2. The number of ketones is 1. The van der Waals surface area contributed by atoms with Crippen LogP contribution in [0.5, 0.6) is 0 Å². The van der Waals surface area contributed by atoms with E-state index in [-0.39, 0.29) is 24.4 Å². The number of oxazole rings is 1. The van der Waals surface area contributed by atoms with Gasteiger partial charge in [0.25, 0.3) is 11.9 Å². The molecular formula is C29H35N3O6. The monoisotopic (exact) mass is 521 g/mol. The van der Waals surface area contributed by atoms with Crippen LogP contribution in [-0.2, 0) is 25.5 Å². The Balaban J connectivity index is 1.29. The first-order valence-electron chi connectivity index (χ1n) is 13.3. The topological polar surface area (TPSA) is 114 Å². The van der Waals surface area contributed by atoms with Crippen molar-refractivity contribution < 1.29 is 28.6 Å². The lowest BCUT2D eigenvalue weighted by Crippen LogP contribution is -2.58. The van der Waals surface area contributed by atoms with Crippen LogP contribution >= 0.6 is 0 Å². The average Bonchev–Trinajstić information content (AvgIpc) is 3.60. The molecule has 1 saturated heterocycles. The maximum Gasteiger partial charge on any atom is 0.308 e. The second kappa shape index (κ2) is 11.2. The van der Waals surface area contributed by atoms with Gasteiger partial charge < -0.3 is 24.3 Å². The van der Waals surface area contributed by atoms with E-state index in [1.165, 1.54) is 7.11 Å². The van der Waals surface area contributed by atoms with Crippen LogP contribution in [-0.4, -0.2) is 59.0 Å². The Labute approximate surface area is 222 Å². The number of Topliss-reactive ketones (excluding diaryl/α,β-unsaturated/α-hetero) is 1. The molecule has 1 atom stereocenters. The molecule has 0 spiro atoms. The molecule has 9 heteroatoms. The van der Waals surface area contributed by atoms with Gasteiger partial charge >= 0.3 is 5.97 Å². The van der Waals surface area contributed by atoms with E-state index in [4.69, 9.17) is 13.9 Å². The Kier molecular flexibility index (Phi) is 7.78. The van der Waals surface area contributed by atoms with E-state index in [1.54, 1.807) is 11.0 Å². The van der Waals surface area contributed by atoms with Crippen LogP contribution in [0.1, 0.15) is 49.7 Å². The second-order valence-electron chi connectivity index (χ2n) is 10.3. The first-order chi connectivity index (χ1) is 18.4. The Morgan fingerprint density at radius 3 is 2.58 bits per heavy atom. The fraction of sp³-hybridized carbons (Fsp3) is 0.483. The number of carbonyl (C=O) groups excluding carboxylic acids is 2. The standard InChI is InChI=1S/C29H35N3O6/c1-19-7-3-4-8-23(19)30-28-31-24-14-9-20(17-25(24)37-28)18-26(33)29(35,32-15-5-6-16-32)38-22-12-10-21(11-13-22)27(34)36-2/h3-4,7-9,14,17,21-22,35H,5-6,10-13,15-16,18H2,1-2H3,(H,30,31). The minimum atomic E-state index is -2.01. The zero-order valence-electron chi connectivity index (χ0n) is 21.9. The van der Waals surface area contributed by atoms with Crippen molar-refractivity contribution in [2.24, 2.45) is 5.92 Å². The van der Waals surface area contributed by atoms with Crippen LogP contribution in [0, 0.1) is 12.8 Å². The highest BCUT2D eigenvalue weighted by Gasteiger charge is 2.46. The zero-order chi connectivity index (χ0) is 26.7. The Morgan fingerprint density at radius 1 is 1.13 bits per heavy atom. The maximum absolute atomic E-state index is 13.6. The largest absolute Gasteiger partial charge is 0.469 e. The van der Waals surface area contributed by atoms with Gasteiger partial charge in [-0.05, 0) is 74.8 Å². The number of ether oxygens (including phenoxy) is 2. The summed E-state index contributed by atoms with van der Waals surface area (Å²) in [5.41, 5.74) is 3.91. The number of anilines is 2. The number of fused-ring (bicyclic) bond motifs is 1. The molecule has 1 aliphatic carbocycles. The number of esters is 1. The molecule has 3 aromatic rings. The lowest BCUT2D eigenvalue weighted by atomic mass is 9.87. The lowest BCUT2D eigenvalue weighted by Gasteiger charge is -2.39. The Hall–Kier alpha value is -3.27. The van der Waals surface area contributed by atoms with E-state index >= 15 is 0 Å². The number of aryl methyl sites for hydroxylation is 1. The summed E-state index contributed by atoms with van der Waals surface area (Å²) in [6.07, 6.45) is 3.88. The number of carbonyl (C=O) groups is 2. The Morgan fingerprint density at radius 2 is 1.87 bits per heavy atom. The number of rotatable bonds is 9. The van der Waals surface area contributed by atoms with Gasteiger partial charge in [0.05, 0.1) is 19.1 Å². The number of aliphatic hydroxyl groups is 1. The summed E-state index contributed by atoms with van der Waals surface area (Å²) in [5, 5.41) is 14.8. The van der Waals surface area contributed by atoms with Crippen LogP contribution < -0.4 is 5.32 Å². The molecule has 9 nitrogen and oxygen atoms in total. The molecule has 0 bridgehead atoms. The number of para-hydroxylation sites is 1. The molecule has 0 amide bonds. The third-order valence-electron chi connectivity index (χ3n) is 7.64. The predicted molar refractivity (Wildman–Crippen MR) is 142 cm³/mol. The van der Waals surface area contributed by atoms with Crippen molar-refractivity contribution in [2.75, 3.05) is 25.5 Å². The molecule has 2 heterocycles. The highest BCUT2D eigenvalue weighted by molar-refractivity contribution is 5.88. The van der Waals surface area contributed by atoms with Gasteiger partial charge in [-0.2, -0.15) is 4.98 Å². The summed E-state index contributed by atoms with van der Waals surface area (Å²) in [4.78, 5) is 31.7. The molecule has 2 aromatic carbocycles. The maximum atomic E-state index is 13.6. The van der Waals surface area contributed by atoms with Gasteiger partial charge in [0.15, 0.2) is 5.58 Å². The van der Waals surface area contributed by atoms with Crippen LogP contribution in [0.2, 0.25) is 0 Å². The molecule has 1 aliphatic heterocycles. The summed E-state index contributed by atoms with van der Waals surface area (Å²) < 4.78 is 17.0. The van der Waals surface area contributed by atoms with Crippen molar-refractivity contribution in [2.45, 2.75) is 63.9 Å². The number of benzene rings is 2. The van der Waals surface area contributed by atoms with E-state index in [0.717, 1.165) is 24.1 Å². The quantitative estimate of drug-likeness (QED) is 0.311. The summed E-state index contributed by atoms with van der Waals surface area (Å²) in [5.74, 6) is -2.79. The molecule has 2 fully saturated rings. The van der Waals surface area contributed by atoms with Gasteiger partial charge in [-0.3, -0.25) is 9.59 Å². The van der Waals surface area contributed by atoms with E-state index < -0.39 is 11.7 Å². The van der Waals surface area contributed by atoms with Crippen molar-refractivity contribution in [3.8, 4) is 0 Å². The summed E-state index contributed by atoms with van der Waals surface area (Å²) >= 11 is 0. The number of nitrogens with one attached hydrogen (secondary N) is 1. The molecular weight excluding hydrogens is 486 g/mol. The van der Waals surface area contributed by atoms with Crippen molar-refractivity contribution >= 4 is 34.6 Å². The number of aromatic nitrogens is 1. The van der Waals surface area contributed by atoms with Gasteiger partial charge in [0, 0.05) is 25.2 Å². The lowest BCUT2D eigenvalue weighted by molar-refractivity contribution is -0.290. The third-order valence-corrected chi connectivity index (χ3v) is 7.64. The fourth-order valence-corrected chi connectivity index (χ4v) is 5.41. The number of likely N-dealkylation sites (tertiary alicyclic amines) is 1. The normalized spacial score (nSPS) is 21.8. The Bertz CT molecular complexity index is 1290. The molecule has 1 saturated carbocycles. The molecule has 1 aromatic heterocycles. The van der Waals surface area contributed by atoms with Gasteiger partial charge in [0.1, 0.15) is 5.52 Å². The average molecular weight is 522 g/mol. The molecule has 5 rings (SSSR count). The molecule has 1 unspecified atom stereocenters. The first kappa shape index (κ1) is 26.3. The smallest absolute Gasteiger partial charge is 0.308 e. The van der Waals surface area contributed by atoms with Crippen molar-refractivity contribution in [3.63, 3.8) is 0 Å². The summed E-state index contributed by atoms with van der Waals surface area (Å²) in [7, 11) is 1.40. The van der Waals surface area contributed by atoms with Crippen molar-refractivity contribution in [1.82, 2.24) is 9.88 Å². The van der Waals surface area contributed by atoms with Crippen LogP contribution in [0.3, 0.4) is 0 Å². The molecule has 0 radical (unpaired) electrons. The minimum Gasteiger partial charge on any atom is -0.469 e. The van der Waals surface area contributed by atoms with Crippen LogP contribution in [0.4, 0.5) is 11.7 Å². The van der Waals surface area contributed by atoms with Crippen molar-refractivity contribution in [3.05, 3.63) is 53.6 Å². The SMILES string of the molecule is COC(=O)C1CCC(OC(O)(C(=O)Cc2ccc3nc(Nc4ccccc4C)oc3c2)N2CCCC2)CC1. The fourth-order valence-electron chi connectivity index (χ4n) is 5.41. The van der Waals surface area contributed by atoms with Gasteiger partial charge in [-0.15, -0.1) is 0 Å². The van der Waals surface area contributed by atoms with Crippen LogP contribution in [0.15, 0.2) is 46.9 Å². The molecule has 2 aliphatic rings. The second-order valence-corrected chi connectivity index (χ2v) is 10.3. The van der Waals surface area contributed by atoms with E-state index in [1.807, 2.05) is 43.3 Å². The number of hydrogen-bond acceptors (Lipinski definition) is 9. The van der Waals surface area contributed by atoms with E-state index in [9.17, 15) is 14.7 Å². The van der Waals surface area contributed by atoms with Gasteiger partial charge in [0.2, 0.25) is 5.78 Å². The summed E-state index contributed by atoms with van der Waals surface area (Å²) in [6, 6.07) is 13.7. The van der Waals surface area contributed by atoms with E-state index in [2.05, 4.69) is 10.3 Å². The zero-order valence-corrected chi connectivity index (χ0v) is 21.9. The molecule has 2 N–H and O–H groups in total. The van der Waals surface area contributed by atoms with Gasteiger partial charge in [-0.1, -0.05) is 24.3 Å². The van der Waals surface area contributed by atoms with Crippen molar-refractivity contribution in [1.29, 1.82) is 0 Å². The van der Waals surface area contributed by atoms with Crippen LogP contribution in [0.25, 0.3) is 11.1 Å². The predicted octanol–water partition coefficient (Wildman–Crippen LogP) is 4.48. The molecule has 202 valence electrons. The summed E-state index contributed by atoms with van der Waals surface area (Å²) in [6.45, 7) is 3.19. The third kappa shape index (κ3) is 5.60. The van der Waals surface area contributed by atoms with Gasteiger partial charge in [-0.25, -0.2) is 4.90 Å².